The molecule has 1 rings (SSSR count). The maximum atomic E-state index is 6.25. The van der Waals surface area contributed by atoms with Gasteiger partial charge in [0.15, 0.2) is 5.11 Å². The van der Waals surface area contributed by atoms with E-state index in [-0.39, 0.29) is 29.6 Å². The first-order chi connectivity index (χ1) is 6.18. The van der Waals surface area contributed by atoms with Gasteiger partial charge in [0, 0.05) is 5.69 Å². The van der Waals surface area contributed by atoms with E-state index in [1.54, 1.807) is 0 Å². The minimum Gasteiger partial charge on any atom is -0.512 e. The number of aryl methyl sites for hydroxylation is 1. The molecule has 0 aliphatic heterocycles. The van der Waals surface area contributed by atoms with Crippen LogP contribution in [0.25, 0.3) is 0 Å². The Labute approximate surface area is 112 Å². The minimum absolute atomic E-state index is 0. The van der Waals surface area contributed by atoms with Gasteiger partial charge in [-0.15, -0.1) is 0 Å². The summed E-state index contributed by atoms with van der Waals surface area (Å²) in [5, 5.41) is 9.39. The van der Waals surface area contributed by atoms with E-state index in [1.807, 2.05) is 31.2 Å². The third-order valence-corrected chi connectivity index (χ3v) is 1.42. The van der Waals surface area contributed by atoms with Crippen LogP contribution in [-0.2, 0) is 0 Å². The van der Waals surface area contributed by atoms with Crippen molar-refractivity contribution in [2.75, 3.05) is 5.32 Å². The first-order valence-electron chi connectivity index (χ1n) is 3.54. The predicted molar refractivity (Wildman–Crippen MR) is 56.6 cm³/mol. The third kappa shape index (κ3) is 6.87. The van der Waals surface area contributed by atoms with Crippen LogP contribution < -0.4 is 40.6 Å². The van der Waals surface area contributed by atoms with Gasteiger partial charge < -0.3 is 22.9 Å². The summed E-state index contributed by atoms with van der Waals surface area (Å²) >= 11 is 4.68. The summed E-state index contributed by atoms with van der Waals surface area (Å²) in [4.78, 5) is 0. The molecule has 0 heterocycles. The van der Waals surface area contributed by atoms with Crippen molar-refractivity contribution in [2.45, 2.75) is 6.92 Å². The van der Waals surface area contributed by atoms with E-state index < -0.39 is 0 Å². The topological polar surface area (TPSA) is 61.8 Å². The van der Waals surface area contributed by atoms with Gasteiger partial charge in [-0.25, -0.2) is 0 Å². The van der Waals surface area contributed by atoms with Gasteiger partial charge in [0.2, 0.25) is 0 Å². The Kier molecular flexibility index (Phi) is 10.2. The second-order valence-corrected chi connectivity index (χ2v) is 2.80. The molecule has 0 bridgehead atoms. The van der Waals surface area contributed by atoms with Gasteiger partial charge in [-0.2, -0.15) is 0 Å². The second-order valence-electron chi connectivity index (χ2n) is 2.36. The van der Waals surface area contributed by atoms with Crippen molar-refractivity contribution in [3.63, 3.8) is 0 Å². The summed E-state index contributed by atoms with van der Waals surface area (Å²) in [6.45, 7) is 6.78. The zero-order valence-corrected chi connectivity index (χ0v) is 11.1. The third-order valence-electron chi connectivity index (χ3n) is 1.32. The number of nitrogens with one attached hydrogen (secondary N) is 1. The molecule has 0 aromatic heterocycles. The number of hydrogen-bond donors (Lipinski definition) is 2. The van der Waals surface area contributed by atoms with Gasteiger partial charge in [-0.3, -0.25) is 0 Å². The van der Waals surface area contributed by atoms with Crippen LogP contribution >= 0.6 is 12.2 Å². The standard InChI is InChI=1S/C8H10N2S.CN.Na/c1-6-2-4-7(5-3-6)10-8(9)11;1-2;/h2-5H,1H3,(H3,9,10,11);;/q;-1;+1. The zero-order chi connectivity index (χ0) is 10.3. The van der Waals surface area contributed by atoms with Crippen LogP contribution in [0.15, 0.2) is 24.3 Å². The fourth-order valence-corrected chi connectivity index (χ4v) is 0.897. The summed E-state index contributed by atoms with van der Waals surface area (Å²) in [6.07, 6.45) is 0. The molecule has 0 aliphatic carbocycles. The quantitative estimate of drug-likeness (QED) is 0.349. The molecule has 5 heteroatoms. The molecule has 3 N–H and O–H groups in total. The molecule has 0 amide bonds. The normalized spacial score (nSPS) is 7.36. The van der Waals surface area contributed by atoms with Crippen LogP contribution in [0.1, 0.15) is 5.56 Å². The number of thiocarbonyl (C=S) groups is 1. The van der Waals surface area contributed by atoms with Crippen molar-refractivity contribution < 1.29 is 29.6 Å². The average Bonchev–Trinajstić information content (AvgIpc) is 2.12. The number of nitrogens with zero attached hydrogens (tertiary/aromatic N) is 1. The molecule has 0 aliphatic rings. The van der Waals surface area contributed by atoms with Crippen molar-refractivity contribution in [1.82, 2.24) is 0 Å². The fourth-order valence-electron chi connectivity index (χ4n) is 0.779. The average molecular weight is 215 g/mol. The Hall–Kier alpha value is -0.600. The molecular weight excluding hydrogens is 205 g/mol. The maximum absolute atomic E-state index is 6.25. The monoisotopic (exact) mass is 215 g/mol. The van der Waals surface area contributed by atoms with Gasteiger partial charge in [0.05, 0.1) is 0 Å². The largest absolute Gasteiger partial charge is 1.00 e. The number of rotatable bonds is 1. The molecule has 0 saturated heterocycles. The molecule has 1 aromatic rings. The van der Waals surface area contributed by atoms with Crippen molar-refractivity contribution >= 4 is 23.0 Å². The Morgan fingerprint density at radius 2 is 1.79 bits per heavy atom. The SMILES string of the molecule is Cc1ccc(NC(N)=S)cc1.[C-]#N.[Na+]. The molecule has 0 spiro atoms. The van der Waals surface area contributed by atoms with E-state index in [0.29, 0.717) is 5.11 Å². The van der Waals surface area contributed by atoms with Crippen LogP contribution in [0.3, 0.4) is 0 Å². The van der Waals surface area contributed by atoms with Gasteiger partial charge in [-0.05, 0) is 31.3 Å². The van der Waals surface area contributed by atoms with E-state index in [2.05, 4.69) is 17.5 Å². The van der Waals surface area contributed by atoms with Gasteiger partial charge >= 0.3 is 29.6 Å². The van der Waals surface area contributed by atoms with Crippen LogP contribution in [0.5, 0.6) is 0 Å². The Balaban J connectivity index is 0. The molecule has 3 nitrogen and oxygen atoms in total. The summed E-state index contributed by atoms with van der Waals surface area (Å²) in [5.74, 6) is 0. The van der Waals surface area contributed by atoms with Crippen molar-refractivity contribution in [2.24, 2.45) is 5.73 Å². The molecule has 0 fully saturated rings. The van der Waals surface area contributed by atoms with E-state index in [0.717, 1.165) is 5.69 Å². The van der Waals surface area contributed by atoms with E-state index in [9.17, 15) is 0 Å². The van der Waals surface area contributed by atoms with Gasteiger partial charge in [-0.1, -0.05) is 17.7 Å². The Morgan fingerprint density at radius 3 is 2.14 bits per heavy atom. The summed E-state index contributed by atoms with van der Waals surface area (Å²) in [5.41, 5.74) is 7.44. The second kappa shape index (κ2) is 8.97. The molecule has 0 radical (unpaired) electrons. The molecule has 0 unspecified atom stereocenters. The summed E-state index contributed by atoms with van der Waals surface area (Å²) in [6, 6.07) is 7.88. The predicted octanol–water partition coefficient (Wildman–Crippen LogP) is -1.25. The number of benzene rings is 1. The number of nitrogens with two attached hydrogens (primary N) is 1. The van der Waals surface area contributed by atoms with Crippen molar-refractivity contribution in [3.8, 4) is 0 Å². The van der Waals surface area contributed by atoms with Crippen LogP contribution in [0.4, 0.5) is 5.69 Å². The first kappa shape index (κ1) is 15.9. The molecule has 0 saturated carbocycles. The van der Waals surface area contributed by atoms with Gasteiger partial charge in [0.25, 0.3) is 0 Å². The van der Waals surface area contributed by atoms with Crippen molar-refractivity contribution in [3.05, 3.63) is 36.4 Å². The minimum atomic E-state index is 0. The summed E-state index contributed by atoms with van der Waals surface area (Å²) in [7, 11) is 0. The molecule has 68 valence electrons. The molecule has 14 heavy (non-hydrogen) atoms. The number of anilines is 1. The van der Waals surface area contributed by atoms with Crippen LogP contribution in [-0.4, -0.2) is 5.11 Å². The smallest absolute Gasteiger partial charge is 0.512 e. The molecule has 0 atom stereocenters. The molecular formula is C9H10N3NaS. The van der Waals surface area contributed by atoms with Gasteiger partial charge in [0.1, 0.15) is 0 Å². The van der Waals surface area contributed by atoms with E-state index >= 15 is 0 Å². The maximum Gasteiger partial charge on any atom is 1.00 e. The number of hydrogen-bond acceptors (Lipinski definition) is 2. The fraction of sp³-hybridized carbons (Fsp3) is 0.111. The Morgan fingerprint density at radius 1 is 1.36 bits per heavy atom. The van der Waals surface area contributed by atoms with E-state index in [1.165, 1.54) is 5.56 Å². The van der Waals surface area contributed by atoms with Crippen LogP contribution in [0.2, 0.25) is 0 Å². The summed E-state index contributed by atoms with van der Waals surface area (Å²) < 4.78 is 0. The molecule has 1 aromatic carbocycles. The van der Waals surface area contributed by atoms with E-state index in [4.69, 9.17) is 17.6 Å². The van der Waals surface area contributed by atoms with Crippen molar-refractivity contribution in [1.29, 1.82) is 5.26 Å². The first-order valence-corrected chi connectivity index (χ1v) is 3.95. The zero-order valence-electron chi connectivity index (χ0n) is 8.24. The Bertz CT molecular complexity index is 295. The van der Waals surface area contributed by atoms with Crippen LogP contribution in [0, 0.1) is 18.8 Å².